The lowest BCUT2D eigenvalue weighted by Crippen LogP contribution is -2.24. The summed E-state index contributed by atoms with van der Waals surface area (Å²) in [5, 5.41) is 13.7. The number of carbonyl (C=O) groups is 1. The van der Waals surface area contributed by atoms with Crippen LogP contribution in [-0.4, -0.2) is 39.1 Å². The molecular formula is C20H27N5O3. The Morgan fingerprint density at radius 1 is 1.11 bits per heavy atom. The van der Waals surface area contributed by atoms with Gasteiger partial charge in [-0.05, 0) is 30.7 Å². The minimum atomic E-state index is -0.253. The van der Waals surface area contributed by atoms with E-state index in [9.17, 15) is 4.79 Å². The number of nitrogen functional groups attached to an aromatic ring is 1. The predicted octanol–water partition coefficient (Wildman–Crippen LogP) is 1.60. The summed E-state index contributed by atoms with van der Waals surface area (Å²) in [7, 11) is 3.10. The van der Waals surface area contributed by atoms with Crippen LogP contribution in [0.15, 0.2) is 30.3 Å². The van der Waals surface area contributed by atoms with Crippen LogP contribution in [-0.2, 0) is 6.54 Å². The molecule has 0 aliphatic heterocycles. The predicted molar refractivity (Wildman–Crippen MR) is 110 cm³/mol. The van der Waals surface area contributed by atoms with Gasteiger partial charge in [-0.25, -0.2) is 0 Å². The molecule has 0 aromatic heterocycles. The lowest BCUT2D eigenvalue weighted by atomic mass is 10.1. The molecule has 0 bridgehead atoms. The summed E-state index contributed by atoms with van der Waals surface area (Å²) in [6, 6.07) is 8.71. The normalized spacial score (nSPS) is 10.3. The van der Waals surface area contributed by atoms with Gasteiger partial charge in [-0.3, -0.25) is 10.2 Å². The van der Waals surface area contributed by atoms with Crippen LogP contribution in [0.3, 0.4) is 0 Å². The van der Waals surface area contributed by atoms with Crippen molar-refractivity contribution in [1.82, 2.24) is 5.32 Å². The molecule has 8 heteroatoms. The van der Waals surface area contributed by atoms with Crippen LogP contribution < -0.4 is 31.6 Å². The van der Waals surface area contributed by atoms with E-state index >= 15 is 0 Å². The highest BCUT2D eigenvalue weighted by Crippen LogP contribution is 2.29. The summed E-state index contributed by atoms with van der Waals surface area (Å²) in [5.41, 5.74) is 14.6. The van der Waals surface area contributed by atoms with Crippen LogP contribution in [0.4, 0.5) is 5.69 Å². The maximum absolute atomic E-state index is 12.6. The molecule has 2 rings (SSSR count). The molecule has 0 radical (unpaired) electrons. The van der Waals surface area contributed by atoms with E-state index in [4.69, 9.17) is 26.4 Å². The summed E-state index contributed by atoms with van der Waals surface area (Å²) < 4.78 is 10.7. The molecule has 0 saturated heterocycles. The lowest BCUT2D eigenvalue weighted by molar-refractivity contribution is 0.0950. The van der Waals surface area contributed by atoms with Crippen LogP contribution >= 0.6 is 0 Å². The minimum absolute atomic E-state index is 0.0229. The summed E-state index contributed by atoms with van der Waals surface area (Å²) in [4.78, 5) is 12.6. The third-order valence-electron chi connectivity index (χ3n) is 4.33. The average molecular weight is 385 g/mol. The van der Waals surface area contributed by atoms with E-state index in [-0.39, 0.29) is 11.7 Å². The second-order valence-electron chi connectivity index (χ2n) is 6.19. The smallest absolute Gasteiger partial charge is 0.251 e. The van der Waals surface area contributed by atoms with Crippen molar-refractivity contribution >= 4 is 17.4 Å². The molecule has 0 unspecified atom stereocenters. The van der Waals surface area contributed by atoms with E-state index in [0.717, 1.165) is 16.8 Å². The van der Waals surface area contributed by atoms with Crippen molar-refractivity contribution in [1.29, 1.82) is 5.41 Å². The van der Waals surface area contributed by atoms with Crippen molar-refractivity contribution in [3.63, 3.8) is 0 Å². The van der Waals surface area contributed by atoms with E-state index in [0.29, 0.717) is 42.3 Å². The number of rotatable bonds is 9. The molecule has 0 fully saturated rings. The topological polar surface area (TPSA) is 135 Å². The molecule has 0 spiro atoms. The molecule has 0 heterocycles. The van der Waals surface area contributed by atoms with E-state index in [1.807, 2.05) is 13.0 Å². The van der Waals surface area contributed by atoms with Crippen LogP contribution in [0.1, 0.15) is 27.0 Å². The van der Waals surface area contributed by atoms with Gasteiger partial charge < -0.3 is 31.6 Å². The lowest BCUT2D eigenvalue weighted by Gasteiger charge is -2.15. The van der Waals surface area contributed by atoms with Crippen LogP contribution in [0.2, 0.25) is 0 Å². The highest BCUT2D eigenvalue weighted by molar-refractivity contribution is 5.96. The minimum Gasteiger partial charge on any atom is -0.496 e. The Morgan fingerprint density at radius 3 is 2.29 bits per heavy atom. The highest BCUT2D eigenvalue weighted by atomic mass is 16.5. The fourth-order valence-corrected chi connectivity index (χ4v) is 2.76. The molecule has 0 aliphatic rings. The zero-order valence-electron chi connectivity index (χ0n) is 16.4. The number of nitrogens with two attached hydrogens (primary N) is 2. The van der Waals surface area contributed by atoms with Crippen molar-refractivity contribution in [2.75, 3.05) is 32.6 Å². The zero-order chi connectivity index (χ0) is 20.7. The summed E-state index contributed by atoms with van der Waals surface area (Å²) >= 11 is 0. The zero-order valence-corrected chi connectivity index (χ0v) is 16.4. The first-order valence-electron chi connectivity index (χ1n) is 8.83. The average Bonchev–Trinajstić information content (AvgIpc) is 2.70. The Morgan fingerprint density at radius 2 is 1.75 bits per heavy atom. The molecule has 8 nitrogen and oxygen atoms in total. The maximum Gasteiger partial charge on any atom is 0.251 e. The van der Waals surface area contributed by atoms with Crippen molar-refractivity contribution in [3.05, 3.63) is 52.6 Å². The molecule has 2 aromatic carbocycles. The SMILES string of the molecule is COc1cc(C(=O)NCc2ccc(C(=N)N)cc2NCCN)cc(OC)c1C. The second-order valence-corrected chi connectivity index (χ2v) is 6.19. The Labute approximate surface area is 164 Å². The standard InChI is InChI=1S/C20H27N5O3/c1-12-17(27-2)9-15(10-18(12)28-3)20(26)25-11-14-5-4-13(19(22)23)8-16(14)24-7-6-21/h4-5,8-10,24H,6-7,11,21H2,1-3H3,(H3,22,23)(H,25,26). The van der Waals surface area contributed by atoms with Gasteiger partial charge in [-0.2, -0.15) is 0 Å². The molecule has 28 heavy (non-hydrogen) atoms. The van der Waals surface area contributed by atoms with Crippen LogP contribution in [0.5, 0.6) is 11.5 Å². The van der Waals surface area contributed by atoms with Crippen molar-refractivity contribution < 1.29 is 14.3 Å². The number of benzene rings is 2. The maximum atomic E-state index is 12.6. The van der Waals surface area contributed by atoms with Gasteiger partial charge in [0.05, 0.1) is 14.2 Å². The van der Waals surface area contributed by atoms with E-state index in [1.165, 1.54) is 0 Å². The van der Waals surface area contributed by atoms with Gasteiger partial charge >= 0.3 is 0 Å². The Bertz CT molecular complexity index is 842. The first-order valence-corrected chi connectivity index (χ1v) is 8.83. The number of hydrogen-bond donors (Lipinski definition) is 5. The first kappa shape index (κ1) is 21.0. The quantitative estimate of drug-likeness (QED) is 0.329. The van der Waals surface area contributed by atoms with Gasteiger partial charge in [0, 0.05) is 42.0 Å². The monoisotopic (exact) mass is 385 g/mol. The van der Waals surface area contributed by atoms with E-state index in [2.05, 4.69) is 10.6 Å². The van der Waals surface area contributed by atoms with Gasteiger partial charge in [-0.1, -0.05) is 12.1 Å². The fraction of sp³-hybridized carbons (Fsp3) is 0.300. The highest BCUT2D eigenvalue weighted by Gasteiger charge is 2.14. The number of ether oxygens (including phenoxy) is 2. The summed E-state index contributed by atoms with van der Waals surface area (Å²) in [6.45, 7) is 3.18. The molecule has 7 N–H and O–H groups in total. The van der Waals surface area contributed by atoms with Crippen LogP contribution in [0.25, 0.3) is 0 Å². The van der Waals surface area contributed by atoms with Crippen molar-refractivity contribution in [3.8, 4) is 11.5 Å². The number of amidine groups is 1. The van der Waals surface area contributed by atoms with Crippen LogP contribution in [0, 0.1) is 12.3 Å². The third kappa shape index (κ3) is 4.92. The molecule has 0 atom stereocenters. The number of anilines is 1. The largest absolute Gasteiger partial charge is 0.496 e. The van der Waals surface area contributed by atoms with Crippen molar-refractivity contribution in [2.45, 2.75) is 13.5 Å². The number of carbonyl (C=O) groups excluding carboxylic acids is 1. The summed E-state index contributed by atoms with van der Waals surface area (Å²) in [6.07, 6.45) is 0. The fourth-order valence-electron chi connectivity index (χ4n) is 2.76. The summed E-state index contributed by atoms with van der Waals surface area (Å²) in [5.74, 6) is 0.892. The van der Waals surface area contributed by atoms with Gasteiger partial charge in [0.15, 0.2) is 0 Å². The van der Waals surface area contributed by atoms with E-state index in [1.54, 1.807) is 38.5 Å². The molecular weight excluding hydrogens is 358 g/mol. The second kappa shape index (κ2) is 9.61. The third-order valence-corrected chi connectivity index (χ3v) is 4.33. The molecule has 2 aromatic rings. The molecule has 1 amide bonds. The Hall–Kier alpha value is -3.26. The number of amides is 1. The number of methoxy groups -OCH3 is 2. The number of nitrogens with one attached hydrogen (secondary N) is 3. The number of hydrogen-bond acceptors (Lipinski definition) is 6. The molecule has 150 valence electrons. The molecule has 0 saturated carbocycles. The van der Waals surface area contributed by atoms with Gasteiger partial charge in [0.1, 0.15) is 17.3 Å². The van der Waals surface area contributed by atoms with Crippen molar-refractivity contribution in [2.24, 2.45) is 11.5 Å². The molecule has 0 aliphatic carbocycles. The van der Waals surface area contributed by atoms with E-state index < -0.39 is 0 Å². The Balaban J connectivity index is 2.21. The Kier molecular flexibility index (Phi) is 7.22. The van der Waals surface area contributed by atoms with Gasteiger partial charge in [0.25, 0.3) is 5.91 Å². The van der Waals surface area contributed by atoms with Gasteiger partial charge in [-0.15, -0.1) is 0 Å². The first-order chi connectivity index (χ1) is 13.4. The van der Waals surface area contributed by atoms with Gasteiger partial charge in [0.2, 0.25) is 0 Å².